The lowest BCUT2D eigenvalue weighted by Gasteiger charge is -2.15. The van der Waals surface area contributed by atoms with Crippen LogP contribution in [0, 0.1) is 5.92 Å². The second kappa shape index (κ2) is 7.00. The first-order valence-corrected chi connectivity index (χ1v) is 7.04. The predicted octanol–water partition coefficient (Wildman–Crippen LogP) is 3.35. The molecule has 1 aromatic heterocycles. The van der Waals surface area contributed by atoms with Crippen LogP contribution in [0.3, 0.4) is 0 Å². The molecule has 0 aliphatic heterocycles. The van der Waals surface area contributed by atoms with Crippen molar-refractivity contribution in [2.45, 2.75) is 53.0 Å². The summed E-state index contributed by atoms with van der Waals surface area (Å²) >= 11 is 4.43. The molecule has 1 aromatic rings. The molecule has 0 fully saturated rings. The van der Waals surface area contributed by atoms with Crippen LogP contribution in [0.25, 0.3) is 0 Å². The van der Waals surface area contributed by atoms with Gasteiger partial charge in [-0.1, -0.05) is 27.2 Å². The van der Waals surface area contributed by atoms with Gasteiger partial charge in [0.1, 0.15) is 0 Å². The van der Waals surface area contributed by atoms with Crippen LogP contribution in [0.4, 0.5) is 0 Å². The smallest absolute Gasteiger partial charge is 0.0624 e. The average molecular weight is 240 g/mol. The third-order valence-electron chi connectivity index (χ3n) is 3.02. The summed E-state index contributed by atoms with van der Waals surface area (Å²) in [5.41, 5.74) is 2.57. The highest BCUT2D eigenvalue weighted by atomic mass is 32.1. The second-order valence-corrected chi connectivity index (χ2v) is 4.72. The van der Waals surface area contributed by atoms with E-state index in [1.165, 1.54) is 24.2 Å². The molecule has 1 unspecified atom stereocenters. The largest absolute Gasteiger partial charge is 0.269 e. The molecule has 0 aromatic carbocycles. The Morgan fingerprint density at radius 2 is 2.06 bits per heavy atom. The molecule has 2 nitrogen and oxygen atoms in total. The SMILES string of the molecule is CCCC(CS)Cn1nc(CC)cc1CC. The number of aromatic nitrogens is 2. The molecule has 3 heteroatoms. The van der Waals surface area contributed by atoms with Crippen LogP contribution in [-0.2, 0) is 19.4 Å². The monoisotopic (exact) mass is 240 g/mol. The summed E-state index contributed by atoms with van der Waals surface area (Å²) < 4.78 is 2.19. The molecule has 1 heterocycles. The molecule has 0 N–H and O–H groups in total. The lowest BCUT2D eigenvalue weighted by Crippen LogP contribution is -2.15. The van der Waals surface area contributed by atoms with Crippen LogP contribution in [0.5, 0.6) is 0 Å². The summed E-state index contributed by atoms with van der Waals surface area (Å²) in [4.78, 5) is 0. The lowest BCUT2D eigenvalue weighted by atomic mass is 10.1. The fraction of sp³-hybridized carbons (Fsp3) is 0.769. The molecule has 16 heavy (non-hydrogen) atoms. The van der Waals surface area contributed by atoms with Crippen LogP contribution >= 0.6 is 12.6 Å². The van der Waals surface area contributed by atoms with E-state index in [0.29, 0.717) is 5.92 Å². The van der Waals surface area contributed by atoms with Gasteiger partial charge in [-0.05, 0) is 37.0 Å². The zero-order valence-electron chi connectivity index (χ0n) is 10.7. The average Bonchev–Trinajstić information content (AvgIpc) is 2.70. The summed E-state index contributed by atoms with van der Waals surface area (Å²) in [5.74, 6) is 1.61. The van der Waals surface area contributed by atoms with Crippen LogP contribution in [0.2, 0.25) is 0 Å². The maximum atomic E-state index is 4.65. The Labute approximate surface area is 105 Å². The van der Waals surface area contributed by atoms with Crippen molar-refractivity contribution in [1.29, 1.82) is 0 Å². The van der Waals surface area contributed by atoms with E-state index in [2.05, 4.69) is 49.2 Å². The molecule has 0 bridgehead atoms. The number of hydrogen-bond acceptors (Lipinski definition) is 2. The summed E-state index contributed by atoms with van der Waals surface area (Å²) in [6.07, 6.45) is 4.57. The number of nitrogens with zero attached hydrogens (tertiary/aromatic N) is 2. The van der Waals surface area contributed by atoms with Gasteiger partial charge in [0.25, 0.3) is 0 Å². The Kier molecular flexibility index (Phi) is 5.96. The van der Waals surface area contributed by atoms with Gasteiger partial charge in [0.2, 0.25) is 0 Å². The molecule has 0 amide bonds. The maximum absolute atomic E-state index is 4.65. The Bertz CT molecular complexity index is 307. The van der Waals surface area contributed by atoms with Gasteiger partial charge in [0.05, 0.1) is 5.69 Å². The fourth-order valence-electron chi connectivity index (χ4n) is 2.02. The van der Waals surface area contributed by atoms with Crippen molar-refractivity contribution in [3.8, 4) is 0 Å². The van der Waals surface area contributed by atoms with Crippen molar-refractivity contribution in [2.24, 2.45) is 5.92 Å². The van der Waals surface area contributed by atoms with Gasteiger partial charge in [-0.2, -0.15) is 17.7 Å². The number of hydrogen-bond donors (Lipinski definition) is 1. The van der Waals surface area contributed by atoms with Gasteiger partial charge in [-0.25, -0.2) is 0 Å². The van der Waals surface area contributed by atoms with Crippen molar-refractivity contribution in [3.05, 3.63) is 17.5 Å². The lowest BCUT2D eigenvalue weighted by molar-refractivity contribution is 0.417. The maximum Gasteiger partial charge on any atom is 0.0624 e. The quantitative estimate of drug-likeness (QED) is 0.724. The normalized spacial score (nSPS) is 13.0. The van der Waals surface area contributed by atoms with Gasteiger partial charge in [0.15, 0.2) is 0 Å². The summed E-state index contributed by atoms with van der Waals surface area (Å²) in [5, 5.41) is 4.65. The standard InChI is InChI=1S/C13H24N2S/c1-4-7-11(10-16)9-15-13(6-3)8-12(5-2)14-15/h8,11,16H,4-7,9-10H2,1-3H3. The molecule has 0 aliphatic rings. The van der Waals surface area contributed by atoms with Gasteiger partial charge in [-0.15, -0.1) is 0 Å². The first-order chi connectivity index (χ1) is 7.74. The summed E-state index contributed by atoms with van der Waals surface area (Å²) in [7, 11) is 0. The van der Waals surface area contributed by atoms with Crippen LogP contribution in [-0.4, -0.2) is 15.5 Å². The number of aryl methyl sites for hydroxylation is 2. The molecule has 0 saturated heterocycles. The fourth-order valence-corrected chi connectivity index (χ4v) is 2.32. The molecule has 1 atom stereocenters. The van der Waals surface area contributed by atoms with E-state index in [4.69, 9.17) is 0 Å². The minimum absolute atomic E-state index is 0.656. The highest BCUT2D eigenvalue weighted by molar-refractivity contribution is 7.80. The van der Waals surface area contributed by atoms with Gasteiger partial charge in [0, 0.05) is 12.2 Å². The van der Waals surface area contributed by atoms with E-state index in [1.807, 2.05) is 0 Å². The van der Waals surface area contributed by atoms with E-state index < -0.39 is 0 Å². The Balaban J connectivity index is 2.73. The Hall–Kier alpha value is -0.440. The van der Waals surface area contributed by atoms with Crippen molar-refractivity contribution >= 4 is 12.6 Å². The first-order valence-electron chi connectivity index (χ1n) is 6.41. The van der Waals surface area contributed by atoms with Crippen molar-refractivity contribution < 1.29 is 0 Å². The number of rotatable bonds is 7. The van der Waals surface area contributed by atoms with E-state index in [-0.39, 0.29) is 0 Å². The van der Waals surface area contributed by atoms with Crippen molar-refractivity contribution in [1.82, 2.24) is 9.78 Å². The minimum atomic E-state index is 0.656. The molecular formula is C13H24N2S. The topological polar surface area (TPSA) is 17.8 Å². The zero-order valence-corrected chi connectivity index (χ0v) is 11.6. The minimum Gasteiger partial charge on any atom is -0.269 e. The molecular weight excluding hydrogens is 216 g/mol. The highest BCUT2D eigenvalue weighted by Crippen LogP contribution is 2.14. The Morgan fingerprint density at radius 3 is 2.56 bits per heavy atom. The van der Waals surface area contributed by atoms with E-state index in [9.17, 15) is 0 Å². The van der Waals surface area contributed by atoms with Crippen LogP contribution in [0.1, 0.15) is 45.0 Å². The third-order valence-corrected chi connectivity index (χ3v) is 3.54. The molecule has 0 aliphatic carbocycles. The van der Waals surface area contributed by atoms with E-state index >= 15 is 0 Å². The highest BCUT2D eigenvalue weighted by Gasteiger charge is 2.11. The molecule has 1 rings (SSSR count). The van der Waals surface area contributed by atoms with E-state index in [0.717, 1.165) is 25.1 Å². The second-order valence-electron chi connectivity index (χ2n) is 4.35. The first kappa shape index (κ1) is 13.6. The zero-order chi connectivity index (χ0) is 12.0. The van der Waals surface area contributed by atoms with Gasteiger partial charge >= 0.3 is 0 Å². The predicted molar refractivity (Wildman–Crippen MR) is 73.2 cm³/mol. The van der Waals surface area contributed by atoms with Crippen molar-refractivity contribution in [3.63, 3.8) is 0 Å². The molecule has 0 spiro atoms. The van der Waals surface area contributed by atoms with Gasteiger partial charge < -0.3 is 0 Å². The van der Waals surface area contributed by atoms with Crippen molar-refractivity contribution in [2.75, 3.05) is 5.75 Å². The van der Waals surface area contributed by atoms with Crippen LogP contribution in [0.15, 0.2) is 6.07 Å². The number of thiol groups is 1. The molecule has 92 valence electrons. The van der Waals surface area contributed by atoms with Gasteiger partial charge in [-0.3, -0.25) is 4.68 Å². The summed E-state index contributed by atoms with van der Waals surface area (Å²) in [6, 6.07) is 2.24. The molecule has 0 saturated carbocycles. The van der Waals surface area contributed by atoms with E-state index in [1.54, 1.807) is 0 Å². The summed E-state index contributed by atoms with van der Waals surface area (Å²) in [6.45, 7) is 7.62. The molecule has 0 radical (unpaired) electrons. The third kappa shape index (κ3) is 3.55. The van der Waals surface area contributed by atoms with Crippen LogP contribution < -0.4 is 0 Å². The Morgan fingerprint density at radius 1 is 1.31 bits per heavy atom.